The number of amides is 2. The summed E-state index contributed by atoms with van der Waals surface area (Å²) in [6.45, 7) is 3.07. The highest BCUT2D eigenvalue weighted by Gasteiger charge is 2.21. The number of thioether (sulfide) groups is 1. The number of hydrogen-bond donors (Lipinski definition) is 1. The molecule has 0 aliphatic carbocycles. The highest BCUT2D eigenvalue weighted by atomic mass is 32.2. The lowest BCUT2D eigenvalue weighted by Gasteiger charge is -2.34. The largest absolute Gasteiger partial charge is 0.358 e. The van der Waals surface area contributed by atoms with Crippen LogP contribution in [0.4, 0.5) is 4.39 Å². The summed E-state index contributed by atoms with van der Waals surface area (Å²) < 4.78 is 13.5. The number of carbonyl (C=O) groups is 2. The van der Waals surface area contributed by atoms with Gasteiger partial charge in [0.2, 0.25) is 11.8 Å². The number of nitrogens with one attached hydrogen (secondary N) is 1. The van der Waals surface area contributed by atoms with Crippen molar-refractivity contribution in [1.29, 1.82) is 0 Å². The quantitative estimate of drug-likeness (QED) is 0.792. The van der Waals surface area contributed by atoms with Gasteiger partial charge in [0.1, 0.15) is 5.82 Å². The minimum absolute atomic E-state index is 0.00827. The molecule has 1 aliphatic heterocycles. The molecule has 23 heavy (non-hydrogen) atoms. The normalized spacial score (nSPS) is 15.5. The van der Waals surface area contributed by atoms with Crippen LogP contribution in [0.15, 0.2) is 29.2 Å². The molecule has 1 aromatic carbocycles. The zero-order chi connectivity index (χ0) is 16.7. The van der Waals surface area contributed by atoms with Crippen molar-refractivity contribution >= 4 is 23.6 Å². The Morgan fingerprint density at radius 1 is 1.22 bits per heavy atom. The van der Waals surface area contributed by atoms with Gasteiger partial charge in [-0.25, -0.2) is 4.39 Å². The maximum absolute atomic E-state index is 13.5. The molecule has 2 rings (SSSR count). The van der Waals surface area contributed by atoms with Gasteiger partial charge < -0.3 is 10.2 Å². The number of benzene rings is 1. The van der Waals surface area contributed by atoms with Crippen LogP contribution in [0.1, 0.15) is 6.42 Å². The molecule has 5 nitrogen and oxygen atoms in total. The highest BCUT2D eigenvalue weighted by Crippen LogP contribution is 2.22. The van der Waals surface area contributed by atoms with Gasteiger partial charge in [-0.15, -0.1) is 11.8 Å². The van der Waals surface area contributed by atoms with E-state index in [1.807, 2.05) is 9.80 Å². The monoisotopic (exact) mass is 339 g/mol. The molecule has 2 amide bonds. The van der Waals surface area contributed by atoms with Crippen molar-refractivity contribution in [1.82, 2.24) is 15.1 Å². The van der Waals surface area contributed by atoms with Gasteiger partial charge in [0, 0.05) is 50.3 Å². The maximum Gasteiger partial charge on any atom is 0.233 e. The fourth-order valence-electron chi connectivity index (χ4n) is 2.41. The van der Waals surface area contributed by atoms with Crippen molar-refractivity contribution in [2.45, 2.75) is 11.3 Å². The van der Waals surface area contributed by atoms with E-state index in [4.69, 9.17) is 0 Å². The third-order valence-electron chi connectivity index (χ3n) is 3.78. The molecule has 7 heteroatoms. The molecular weight excluding hydrogens is 317 g/mol. The summed E-state index contributed by atoms with van der Waals surface area (Å²) in [6, 6.07) is 6.60. The molecule has 126 valence electrons. The van der Waals surface area contributed by atoms with Crippen LogP contribution in [0.5, 0.6) is 0 Å². The molecule has 1 aliphatic rings. The third kappa shape index (κ3) is 5.51. The predicted molar refractivity (Wildman–Crippen MR) is 88.8 cm³/mol. The second-order valence-electron chi connectivity index (χ2n) is 5.36. The van der Waals surface area contributed by atoms with E-state index < -0.39 is 0 Å². The van der Waals surface area contributed by atoms with Gasteiger partial charge >= 0.3 is 0 Å². The van der Waals surface area contributed by atoms with Gasteiger partial charge in [0.05, 0.1) is 6.54 Å². The standard InChI is InChI=1S/C16H22FN3O2S/c1-18-15(21)12-19-7-9-20(10-8-19)16(22)6-11-23-14-5-3-2-4-13(14)17/h2-5H,6-12H2,1H3,(H,18,21). The fraction of sp³-hybridized carbons (Fsp3) is 0.500. The Hall–Kier alpha value is -1.60. The van der Waals surface area contributed by atoms with Crippen molar-refractivity contribution < 1.29 is 14.0 Å². The minimum Gasteiger partial charge on any atom is -0.358 e. The number of rotatable bonds is 6. The van der Waals surface area contributed by atoms with E-state index in [2.05, 4.69) is 5.32 Å². The van der Waals surface area contributed by atoms with Gasteiger partial charge in [0.25, 0.3) is 0 Å². The first-order chi connectivity index (χ1) is 11.1. The first kappa shape index (κ1) is 17.7. The SMILES string of the molecule is CNC(=O)CN1CCN(C(=O)CCSc2ccccc2F)CC1. The molecule has 0 aromatic heterocycles. The molecule has 0 spiro atoms. The lowest BCUT2D eigenvalue weighted by molar-refractivity contribution is -0.132. The van der Waals surface area contributed by atoms with Crippen LogP contribution in [-0.4, -0.2) is 67.1 Å². The van der Waals surface area contributed by atoms with E-state index in [-0.39, 0.29) is 17.6 Å². The van der Waals surface area contributed by atoms with Crippen LogP contribution >= 0.6 is 11.8 Å². The Morgan fingerprint density at radius 3 is 2.57 bits per heavy atom. The topological polar surface area (TPSA) is 52.7 Å². The smallest absolute Gasteiger partial charge is 0.233 e. The molecule has 0 saturated carbocycles. The van der Waals surface area contributed by atoms with Crippen molar-refractivity contribution in [3.05, 3.63) is 30.1 Å². The molecule has 1 heterocycles. The summed E-state index contributed by atoms with van der Waals surface area (Å²) in [5, 5.41) is 2.60. The van der Waals surface area contributed by atoms with E-state index in [0.29, 0.717) is 49.8 Å². The molecule has 0 radical (unpaired) electrons. The van der Waals surface area contributed by atoms with Gasteiger partial charge in [-0.1, -0.05) is 12.1 Å². The van der Waals surface area contributed by atoms with Crippen LogP contribution in [0, 0.1) is 5.82 Å². The Bertz CT molecular complexity index is 548. The highest BCUT2D eigenvalue weighted by molar-refractivity contribution is 7.99. The number of carbonyl (C=O) groups excluding carboxylic acids is 2. The van der Waals surface area contributed by atoms with Gasteiger partial charge in [-0.2, -0.15) is 0 Å². The molecule has 0 atom stereocenters. The average Bonchev–Trinajstić information content (AvgIpc) is 2.57. The summed E-state index contributed by atoms with van der Waals surface area (Å²) in [5.41, 5.74) is 0. The van der Waals surface area contributed by atoms with Crippen LogP contribution in [0.3, 0.4) is 0 Å². The molecule has 1 saturated heterocycles. The lowest BCUT2D eigenvalue weighted by atomic mass is 10.3. The van der Waals surface area contributed by atoms with E-state index >= 15 is 0 Å². The van der Waals surface area contributed by atoms with Gasteiger partial charge in [-0.3, -0.25) is 14.5 Å². The van der Waals surface area contributed by atoms with E-state index in [9.17, 15) is 14.0 Å². The Labute approximate surface area is 140 Å². The molecule has 0 bridgehead atoms. The zero-order valence-electron chi connectivity index (χ0n) is 13.3. The number of halogens is 1. The second kappa shape index (κ2) is 8.88. The maximum atomic E-state index is 13.5. The molecule has 1 aromatic rings. The third-order valence-corrected chi connectivity index (χ3v) is 4.83. The second-order valence-corrected chi connectivity index (χ2v) is 6.50. The predicted octanol–water partition coefficient (Wildman–Crippen LogP) is 1.20. The fourth-order valence-corrected chi connectivity index (χ4v) is 3.28. The first-order valence-corrected chi connectivity index (χ1v) is 8.66. The summed E-state index contributed by atoms with van der Waals surface area (Å²) in [7, 11) is 1.62. The zero-order valence-corrected chi connectivity index (χ0v) is 14.1. The van der Waals surface area contributed by atoms with Crippen molar-refractivity contribution in [2.75, 3.05) is 45.5 Å². The van der Waals surface area contributed by atoms with Gasteiger partial charge in [0.15, 0.2) is 0 Å². The number of hydrogen-bond acceptors (Lipinski definition) is 4. The van der Waals surface area contributed by atoms with Crippen LogP contribution < -0.4 is 5.32 Å². The Balaban J connectivity index is 1.69. The van der Waals surface area contributed by atoms with Crippen LogP contribution in [0.25, 0.3) is 0 Å². The number of piperazine rings is 1. The lowest BCUT2D eigenvalue weighted by Crippen LogP contribution is -2.50. The van der Waals surface area contributed by atoms with Crippen molar-refractivity contribution in [3.8, 4) is 0 Å². The average molecular weight is 339 g/mol. The van der Waals surface area contributed by atoms with Crippen molar-refractivity contribution in [3.63, 3.8) is 0 Å². The molecule has 1 fully saturated rings. The Morgan fingerprint density at radius 2 is 1.91 bits per heavy atom. The number of nitrogens with zero attached hydrogens (tertiary/aromatic N) is 2. The van der Waals surface area contributed by atoms with Gasteiger partial charge in [-0.05, 0) is 12.1 Å². The van der Waals surface area contributed by atoms with Crippen LogP contribution in [-0.2, 0) is 9.59 Å². The molecule has 1 N–H and O–H groups in total. The summed E-state index contributed by atoms with van der Waals surface area (Å²) in [4.78, 5) is 28.0. The molecular formula is C16H22FN3O2S. The summed E-state index contributed by atoms with van der Waals surface area (Å²) in [5.74, 6) is 0.408. The van der Waals surface area contributed by atoms with E-state index in [0.717, 1.165) is 0 Å². The summed E-state index contributed by atoms with van der Waals surface area (Å²) >= 11 is 1.37. The van der Waals surface area contributed by atoms with Crippen molar-refractivity contribution in [2.24, 2.45) is 0 Å². The summed E-state index contributed by atoms with van der Waals surface area (Å²) in [6.07, 6.45) is 0.397. The van der Waals surface area contributed by atoms with Crippen LogP contribution in [0.2, 0.25) is 0 Å². The number of likely N-dealkylation sites (N-methyl/N-ethyl adjacent to an activating group) is 1. The minimum atomic E-state index is -0.243. The first-order valence-electron chi connectivity index (χ1n) is 7.68. The Kier molecular flexibility index (Phi) is 6.85. The van der Waals surface area contributed by atoms with E-state index in [1.54, 1.807) is 25.2 Å². The molecule has 0 unspecified atom stereocenters. The van der Waals surface area contributed by atoms with E-state index in [1.165, 1.54) is 17.8 Å².